The summed E-state index contributed by atoms with van der Waals surface area (Å²) in [6, 6.07) is 3.96. The molecule has 1 aromatic carbocycles. The Hall–Kier alpha value is -0.980. The van der Waals surface area contributed by atoms with Crippen molar-refractivity contribution in [2.24, 2.45) is 17.6 Å². The van der Waals surface area contributed by atoms with E-state index in [0.29, 0.717) is 23.9 Å². The summed E-state index contributed by atoms with van der Waals surface area (Å²) in [6.07, 6.45) is 2.31. The van der Waals surface area contributed by atoms with Gasteiger partial charge in [0, 0.05) is 13.1 Å². The monoisotopic (exact) mass is 286 g/mol. The third-order valence-corrected chi connectivity index (χ3v) is 5.00. The third-order valence-electron chi connectivity index (χ3n) is 3.54. The summed E-state index contributed by atoms with van der Waals surface area (Å²) in [5.74, 6) is 0.142. The Morgan fingerprint density at radius 3 is 2.68 bits per heavy atom. The molecule has 4 nitrogen and oxygen atoms in total. The molecule has 1 unspecified atom stereocenters. The lowest BCUT2D eigenvalue weighted by Crippen LogP contribution is -2.29. The molecule has 0 bridgehead atoms. The molecule has 6 heteroatoms. The summed E-state index contributed by atoms with van der Waals surface area (Å²) in [5, 5.41) is 0. The fourth-order valence-electron chi connectivity index (χ4n) is 2.04. The van der Waals surface area contributed by atoms with Crippen LogP contribution in [0.2, 0.25) is 0 Å². The van der Waals surface area contributed by atoms with E-state index >= 15 is 0 Å². The number of nitrogens with two attached hydrogens (primary N) is 1. The molecule has 0 spiro atoms. The highest BCUT2D eigenvalue weighted by Gasteiger charge is 2.29. The van der Waals surface area contributed by atoms with Gasteiger partial charge in [0.2, 0.25) is 10.0 Å². The fourth-order valence-corrected chi connectivity index (χ4v) is 3.24. The Kier molecular flexibility index (Phi) is 4.23. The van der Waals surface area contributed by atoms with Gasteiger partial charge in [0.15, 0.2) is 0 Å². The van der Waals surface area contributed by atoms with Crippen LogP contribution in [-0.2, 0) is 16.6 Å². The molecule has 0 heterocycles. The predicted octanol–water partition coefficient (Wildman–Crippen LogP) is 1.61. The summed E-state index contributed by atoms with van der Waals surface area (Å²) in [7, 11) is -3.78. The molecule has 1 aromatic rings. The summed E-state index contributed by atoms with van der Waals surface area (Å²) >= 11 is 0. The van der Waals surface area contributed by atoms with Crippen LogP contribution >= 0.6 is 0 Å². The van der Waals surface area contributed by atoms with Crippen molar-refractivity contribution in [3.05, 3.63) is 29.6 Å². The Balaban J connectivity index is 2.09. The maximum atomic E-state index is 13.8. The van der Waals surface area contributed by atoms with Crippen molar-refractivity contribution < 1.29 is 12.8 Å². The number of nitrogens with one attached hydrogen (secondary N) is 1. The Morgan fingerprint density at radius 1 is 1.47 bits per heavy atom. The average molecular weight is 286 g/mol. The molecule has 0 amide bonds. The lowest BCUT2D eigenvalue weighted by Gasteiger charge is -2.12. The molecule has 19 heavy (non-hydrogen) atoms. The zero-order valence-corrected chi connectivity index (χ0v) is 11.7. The minimum absolute atomic E-state index is 0.184. The molecule has 0 radical (unpaired) electrons. The second-order valence-corrected chi connectivity index (χ2v) is 6.87. The molecule has 1 aliphatic rings. The average Bonchev–Trinajstić information content (AvgIpc) is 3.19. The van der Waals surface area contributed by atoms with Crippen LogP contribution in [0.4, 0.5) is 4.39 Å². The zero-order valence-electron chi connectivity index (χ0n) is 10.9. The van der Waals surface area contributed by atoms with Gasteiger partial charge in [0.05, 0.1) is 0 Å². The van der Waals surface area contributed by atoms with Crippen LogP contribution < -0.4 is 10.5 Å². The van der Waals surface area contributed by atoms with Gasteiger partial charge < -0.3 is 5.73 Å². The van der Waals surface area contributed by atoms with Gasteiger partial charge in [0.1, 0.15) is 10.7 Å². The highest BCUT2D eigenvalue weighted by molar-refractivity contribution is 7.89. The van der Waals surface area contributed by atoms with E-state index in [1.54, 1.807) is 0 Å². The first kappa shape index (κ1) is 14.4. The first-order valence-corrected chi connectivity index (χ1v) is 7.90. The number of sulfonamides is 1. The minimum atomic E-state index is -3.78. The summed E-state index contributed by atoms with van der Waals surface area (Å²) < 4.78 is 40.3. The highest BCUT2D eigenvalue weighted by atomic mass is 32.2. The van der Waals surface area contributed by atoms with Gasteiger partial charge in [-0.25, -0.2) is 17.5 Å². The van der Waals surface area contributed by atoms with Crippen molar-refractivity contribution in [3.8, 4) is 0 Å². The number of benzene rings is 1. The predicted molar refractivity (Wildman–Crippen MR) is 71.4 cm³/mol. The van der Waals surface area contributed by atoms with Crippen LogP contribution in [0, 0.1) is 17.7 Å². The molecule has 2 rings (SSSR count). The van der Waals surface area contributed by atoms with E-state index in [2.05, 4.69) is 4.72 Å². The normalized spacial score (nSPS) is 17.4. The fraction of sp³-hybridized carbons (Fsp3) is 0.538. The minimum Gasteiger partial charge on any atom is -0.326 e. The first-order valence-electron chi connectivity index (χ1n) is 6.42. The lowest BCUT2D eigenvalue weighted by atomic mass is 10.1. The molecular weight excluding hydrogens is 267 g/mol. The van der Waals surface area contributed by atoms with Crippen molar-refractivity contribution in [2.45, 2.75) is 31.2 Å². The van der Waals surface area contributed by atoms with Gasteiger partial charge in [-0.1, -0.05) is 13.0 Å². The van der Waals surface area contributed by atoms with Crippen molar-refractivity contribution in [1.29, 1.82) is 0 Å². The van der Waals surface area contributed by atoms with Gasteiger partial charge in [-0.15, -0.1) is 0 Å². The maximum absolute atomic E-state index is 13.8. The number of halogens is 1. The van der Waals surface area contributed by atoms with Gasteiger partial charge >= 0.3 is 0 Å². The van der Waals surface area contributed by atoms with E-state index in [1.165, 1.54) is 18.2 Å². The van der Waals surface area contributed by atoms with Gasteiger partial charge in [-0.3, -0.25) is 0 Å². The molecule has 1 aliphatic carbocycles. The van der Waals surface area contributed by atoms with Gasteiger partial charge in [-0.2, -0.15) is 0 Å². The van der Waals surface area contributed by atoms with Crippen LogP contribution in [0.3, 0.4) is 0 Å². The van der Waals surface area contributed by atoms with Crippen LogP contribution in [0.25, 0.3) is 0 Å². The summed E-state index contributed by atoms with van der Waals surface area (Å²) in [5.41, 5.74) is 5.96. The number of hydrogen-bond acceptors (Lipinski definition) is 3. The van der Waals surface area contributed by atoms with Crippen molar-refractivity contribution in [1.82, 2.24) is 4.72 Å². The van der Waals surface area contributed by atoms with Crippen LogP contribution in [0.1, 0.15) is 25.3 Å². The molecule has 106 valence electrons. The Labute approximate surface area is 113 Å². The van der Waals surface area contributed by atoms with Crippen molar-refractivity contribution in [3.63, 3.8) is 0 Å². The van der Waals surface area contributed by atoms with Crippen LogP contribution in [0.5, 0.6) is 0 Å². The maximum Gasteiger partial charge on any atom is 0.243 e. The Bertz CT molecular complexity index is 556. The molecule has 1 saturated carbocycles. The number of hydrogen-bond donors (Lipinski definition) is 2. The Morgan fingerprint density at radius 2 is 2.16 bits per heavy atom. The largest absolute Gasteiger partial charge is 0.326 e. The SMILES string of the molecule is CC(CNS(=O)(=O)c1ccc(CN)cc1F)C1CC1. The molecule has 0 aromatic heterocycles. The number of rotatable bonds is 6. The van der Waals surface area contributed by atoms with Crippen molar-refractivity contribution >= 4 is 10.0 Å². The standard InChI is InChI=1S/C13H19FN2O2S/c1-9(11-3-4-11)8-16-19(17,18)13-5-2-10(7-15)6-12(13)14/h2,5-6,9,11,16H,3-4,7-8,15H2,1H3. The zero-order chi connectivity index (χ0) is 14.0. The highest BCUT2D eigenvalue weighted by Crippen LogP contribution is 2.36. The topological polar surface area (TPSA) is 72.2 Å². The molecule has 3 N–H and O–H groups in total. The smallest absolute Gasteiger partial charge is 0.243 e. The first-order chi connectivity index (χ1) is 8.94. The second kappa shape index (κ2) is 5.56. The van der Waals surface area contributed by atoms with Crippen molar-refractivity contribution in [2.75, 3.05) is 6.54 Å². The van der Waals surface area contributed by atoms with E-state index in [-0.39, 0.29) is 11.4 Å². The lowest BCUT2D eigenvalue weighted by molar-refractivity contribution is 0.489. The molecule has 0 aliphatic heterocycles. The summed E-state index contributed by atoms with van der Waals surface area (Å²) in [6.45, 7) is 2.54. The van der Waals surface area contributed by atoms with Crippen LogP contribution in [0.15, 0.2) is 23.1 Å². The third kappa shape index (κ3) is 3.52. The molecular formula is C13H19FN2O2S. The summed E-state index contributed by atoms with van der Waals surface area (Å²) in [4.78, 5) is -0.312. The van der Waals surface area contributed by atoms with Crippen LogP contribution in [-0.4, -0.2) is 15.0 Å². The quantitative estimate of drug-likeness (QED) is 0.834. The van der Waals surface area contributed by atoms with E-state index in [0.717, 1.165) is 12.8 Å². The second-order valence-electron chi connectivity index (χ2n) is 5.14. The van der Waals surface area contributed by atoms with Gasteiger partial charge in [0.25, 0.3) is 0 Å². The van der Waals surface area contributed by atoms with Gasteiger partial charge in [-0.05, 0) is 42.4 Å². The molecule has 0 saturated heterocycles. The molecule has 1 atom stereocenters. The van der Waals surface area contributed by atoms with E-state index in [1.807, 2.05) is 6.92 Å². The van der Waals surface area contributed by atoms with E-state index < -0.39 is 15.8 Å². The van der Waals surface area contributed by atoms with E-state index in [4.69, 9.17) is 5.73 Å². The molecule has 1 fully saturated rings. The van der Waals surface area contributed by atoms with E-state index in [9.17, 15) is 12.8 Å².